The van der Waals surface area contributed by atoms with Gasteiger partial charge in [-0.3, -0.25) is 4.52 Å². The zero-order valence-electron chi connectivity index (χ0n) is 8.65. The molecule has 0 bridgehead atoms. The first-order valence-electron chi connectivity index (χ1n) is 4.45. The minimum absolute atomic E-state index is 0.358. The lowest BCUT2D eigenvalue weighted by atomic mass is 9.92. The highest BCUT2D eigenvalue weighted by Gasteiger charge is 2.32. The van der Waals surface area contributed by atoms with Crippen molar-refractivity contribution >= 4 is 7.82 Å². The van der Waals surface area contributed by atoms with Gasteiger partial charge < -0.3 is 9.79 Å². The quantitative estimate of drug-likeness (QED) is 0.683. The van der Waals surface area contributed by atoms with Crippen molar-refractivity contribution in [3.63, 3.8) is 0 Å². The largest absolute Gasteiger partial charge is 0.470 e. The number of phosphoric ester groups is 1. The molecule has 0 aliphatic carbocycles. The van der Waals surface area contributed by atoms with Gasteiger partial charge in [-0.05, 0) is 25.7 Å². The summed E-state index contributed by atoms with van der Waals surface area (Å²) in [7, 11) is -4.36. The minimum Gasteiger partial charge on any atom is -0.303 e. The molecule has 0 fully saturated rings. The summed E-state index contributed by atoms with van der Waals surface area (Å²) in [5.74, 6) is 0.358. The van der Waals surface area contributed by atoms with Crippen LogP contribution in [0.5, 0.6) is 0 Å². The second kappa shape index (κ2) is 4.56. The predicted octanol–water partition coefficient (Wildman–Crippen LogP) is 2.31. The molecule has 0 aliphatic rings. The van der Waals surface area contributed by atoms with Crippen LogP contribution in [0.2, 0.25) is 0 Å². The van der Waals surface area contributed by atoms with E-state index in [0.717, 1.165) is 0 Å². The molecule has 0 saturated heterocycles. The van der Waals surface area contributed by atoms with Crippen molar-refractivity contribution < 1.29 is 18.9 Å². The summed E-state index contributed by atoms with van der Waals surface area (Å²) in [6.45, 7) is 7.58. The molecule has 4 nitrogen and oxygen atoms in total. The second-order valence-electron chi connectivity index (χ2n) is 3.98. The van der Waals surface area contributed by atoms with E-state index in [1.807, 2.05) is 20.8 Å². The maximum atomic E-state index is 10.7. The molecular weight excluding hydrogens is 191 g/mol. The van der Waals surface area contributed by atoms with E-state index >= 15 is 0 Å². The molecule has 1 unspecified atom stereocenters. The number of hydrogen-bond acceptors (Lipinski definition) is 2. The van der Waals surface area contributed by atoms with Crippen molar-refractivity contribution in [1.29, 1.82) is 0 Å². The van der Waals surface area contributed by atoms with Crippen molar-refractivity contribution in [3.05, 3.63) is 0 Å². The van der Waals surface area contributed by atoms with Gasteiger partial charge >= 0.3 is 7.82 Å². The Morgan fingerprint density at radius 1 is 1.46 bits per heavy atom. The normalized spacial score (nSPS) is 17.5. The fraction of sp³-hybridized carbons (Fsp3) is 1.00. The van der Waals surface area contributed by atoms with Crippen molar-refractivity contribution in [2.45, 2.75) is 46.1 Å². The van der Waals surface area contributed by atoms with Gasteiger partial charge in [0.05, 0.1) is 5.60 Å². The SMILES string of the molecule is CCC(C)(CC(C)C)OP(=O)(O)O. The van der Waals surface area contributed by atoms with Gasteiger partial charge in [-0.1, -0.05) is 20.8 Å². The average Bonchev–Trinajstić information content (AvgIpc) is 1.81. The molecule has 0 aromatic rings. The second-order valence-corrected chi connectivity index (χ2v) is 5.15. The zero-order valence-corrected chi connectivity index (χ0v) is 9.54. The van der Waals surface area contributed by atoms with Gasteiger partial charge in [0.25, 0.3) is 0 Å². The Balaban J connectivity index is 4.37. The van der Waals surface area contributed by atoms with E-state index in [0.29, 0.717) is 18.8 Å². The van der Waals surface area contributed by atoms with Gasteiger partial charge in [-0.15, -0.1) is 0 Å². The molecule has 13 heavy (non-hydrogen) atoms. The van der Waals surface area contributed by atoms with Gasteiger partial charge in [0.1, 0.15) is 0 Å². The van der Waals surface area contributed by atoms with Crippen LogP contribution in [0.1, 0.15) is 40.5 Å². The van der Waals surface area contributed by atoms with E-state index in [2.05, 4.69) is 0 Å². The highest BCUT2D eigenvalue weighted by Crippen LogP contribution is 2.44. The lowest BCUT2D eigenvalue weighted by Crippen LogP contribution is -2.28. The van der Waals surface area contributed by atoms with Crippen LogP contribution in [0.3, 0.4) is 0 Å². The summed E-state index contributed by atoms with van der Waals surface area (Å²) in [6, 6.07) is 0. The Bertz CT molecular complexity index is 198. The van der Waals surface area contributed by atoms with Crippen LogP contribution < -0.4 is 0 Å². The zero-order chi connectivity index (χ0) is 10.7. The van der Waals surface area contributed by atoms with E-state index in [9.17, 15) is 4.57 Å². The fourth-order valence-corrected chi connectivity index (χ4v) is 2.17. The van der Waals surface area contributed by atoms with Crippen molar-refractivity contribution in [2.24, 2.45) is 5.92 Å². The Hall–Kier alpha value is 0.110. The predicted molar refractivity (Wildman–Crippen MR) is 51.3 cm³/mol. The Morgan fingerprint density at radius 2 is 1.92 bits per heavy atom. The molecule has 80 valence electrons. The molecule has 0 aromatic carbocycles. The Kier molecular flexibility index (Phi) is 4.60. The van der Waals surface area contributed by atoms with Gasteiger partial charge in [-0.25, -0.2) is 4.57 Å². The molecule has 2 N–H and O–H groups in total. The fourth-order valence-electron chi connectivity index (χ4n) is 1.40. The molecule has 0 heterocycles. The molecule has 5 heteroatoms. The lowest BCUT2D eigenvalue weighted by molar-refractivity contribution is 0.0289. The molecular formula is C8H19O4P. The summed E-state index contributed by atoms with van der Waals surface area (Å²) in [4.78, 5) is 17.4. The Morgan fingerprint density at radius 3 is 2.15 bits per heavy atom. The van der Waals surface area contributed by atoms with Crippen LogP contribution >= 0.6 is 7.82 Å². The third kappa shape index (κ3) is 6.22. The smallest absolute Gasteiger partial charge is 0.303 e. The molecule has 0 aliphatic heterocycles. The van der Waals surface area contributed by atoms with Gasteiger partial charge in [0, 0.05) is 0 Å². The van der Waals surface area contributed by atoms with Crippen molar-refractivity contribution in [1.82, 2.24) is 0 Å². The van der Waals surface area contributed by atoms with Crippen LogP contribution in [0.15, 0.2) is 0 Å². The first-order chi connectivity index (χ1) is 5.68. The van der Waals surface area contributed by atoms with Crippen LogP contribution in [0, 0.1) is 5.92 Å². The standard InChI is InChI=1S/C8H19O4P/c1-5-8(4,6-7(2)3)12-13(9,10)11/h7H,5-6H2,1-4H3,(H2,9,10,11). The first-order valence-corrected chi connectivity index (χ1v) is 5.98. The van der Waals surface area contributed by atoms with Gasteiger partial charge in [-0.2, -0.15) is 0 Å². The van der Waals surface area contributed by atoms with Crippen LogP contribution in [0.4, 0.5) is 0 Å². The maximum absolute atomic E-state index is 10.7. The highest BCUT2D eigenvalue weighted by molar-refractivity contribution is 7.46. The summed E-state index contributed by atoms with van der Waals surface area (Å²) in [5, 5.41) is 0. The third-order valence-electron chi connectivity index (χ3n) is 1.93. The molecule has 0 rings (SSSR count). The molecule has 0 spiro atoms. The van der Waals surface area contributed by atoms with Crippen molar-refractivity contribution in [3.8, 4) is 0 Å². The van der Waals surface area contributed by atoms with Crippen LogP contribution in [-0.4, -0.2) is 15.4 Å². The van der Waals surface area contributed by atoms with E-state index in [1.54, 1.807) is 6.92 Å². The van der Waals surface area contributed by atoms with E-state index in [-0.39, 0.29) is 0 Å². The van der Waals surface area contributed by atoms with E-state index in [4.69, 9.17) is 14.3 Å². The average molecular weight is 210 g/mol. The molecule has 0 saturated carbocycles. The summed E-state index contributed by atoms with van der Waals surface area (Å²) in [5.41, 5.74) is -0.715. The third-order valence-corrected chi connectivity index (χ3v) is 2.61. The van der Waals surface area contributed by atoms with E-state index in [1.165, 1.54) is 0 Å². The van der Waals surface area contributed by atoms with Crippen molar-refractivity contribution in [2.75, 3.05) is 0 Å². The topological polar surface area (TPSA) is 66.8 Å². The molecule has 0 aromatic heterocycles. The molecule has 0 radical (unpaired) electrons. The maximum Gasteiger partial charge on any atom is 0.470 e. The van der Waals surface area contributed by atoms with E-state index < -0.39 is 13.4 Å². The summed E-state index contributed by atoms with van der Waals surface area (Å²) in [6.07, 6.45) is 1.24. The first kappa shape index (κ1) is 13.1. The lowest BCUT2D eigenvalue weighted by Gasteiger charge is -2.30. The number of phosphoric acid groups is 1. The van der Waals surface area contributed by atoms with Gasteiger partial charge in [0.2, 0.25) is 0 Å². The summed E-state index contributed by atoms with van der Waals surface area (Å²) >= 11 is 0. The molecule has 1 atom stereocenters. The van der Waals surface area contributed by atoms with Gasteiger partial charge in [0.15, 0.2) is 0 Å². The summed E-state index contributed by atoms with van der Waals surface area (Å²) < 4.78 is 15.4. The highest BCUT2D eigenvalue weighted by atomic mass is 31.2. The minimum atomic E-state index is -4.36. The monoisotopic (exact) mass is 210 g/mol. The molecule has 0 amide bonds. The van der Waals surface area contributed by atoms with Crippen LogP contribution in [0.25, 0.3) is 0 Å². The number of rotatable bonds is 5. The Labute approximate surface area is 79.5 Å². The van der Waals surface area contributed by atoms with Crippen LogP contribution in [-0.2, 0) is 9.09 Å². The number of hydrogen-bond donors (Lipinski definition) is 2.